The van der Waals surface area contributed by atoms with Crippen molar-refractivity contribution in [1.82, 2.24) is 15.1 Å². The molecular formula is C14H16FN3O2. The molecule has 2 fully saturated rings. The third-order valence-corrected chi connectivity index (χ3v) is 3.94. The number of amides is 3. The smallest absolute Gasteiger partial charge is 0.317 e. The van der Waals surface area contributed by atoms with Crippen molar-refractivity contribution in [3.63, 3.8) is 0 Å². The van der Waals surface area contributed by atoms with Crippen LogP contribution in [0.25, 0.3) is 0 Å². The summed E-state index contributed by atoms with van der Waals surface area (Å²) in [5.41, 5.74) is 0.885. The van der Waals surface area contributed by atoms with Crippen molar-refractivity contribution >= 4 is 11.9 Å². The Morgan fingerprint density at radius 1 is 1.40 bits per heavy atom. The van der Waals surface area contributed by atoms with Crippen molar-refractivity contribution in [3.05, 3.63) is 35.1 Å². The highest BCUT2D eigenvalue weighted by Crippen LogP contribution is 2.17. The summed E-state index contributed by atoms with van der Waals surface area (Å²) in [5, 5.41) is 2.77. The van der Waals surface area contributed by atoms with Gasteiger partial charge in [-0.1, -0.05) is 6.07 Å². The maximum Gasteiger partial charge on any atom is 0.317 e. The summed E-state index contributed by atoms with van der Waals surface area (Å²) < 4.78 is 13.5. The summed E-state index contributed by atoms with van der Waals surface area (Å²) in [7, 11) is 0. The molecule has 1 atom stereocenters. The maximum absolute atomic E-state index is 13.5. The van der Waals surface area contributed by atoms with E-state index in [4.69, 9.17) is 0 Å². The molecule has 2 saturated heterocycles. The molecule has 6 heteroatoms. The summed E-state index contributed by atoms with van der Waals surface area (Å²) in [6, 6.07) is 4.49. The molecule has 1 aromatic rings. The van der Waals surface area contributed by atoms with Gasteiger partial charge in [0.25, 0.3) is 5.91 Å². The number of nitrogens with zero attached hydrogens (tertiary/aromatic N) is 2. The number of hydrogen-bond donors (Lipinski definition) is 1. The number of halogens is 1. The predicted octanol–water partition coefficient (Wildman–Crippen LogP) is 0.984. The molecule has 1 unspecified atom stereocenters. The van der Waals surface area contributed by atoms with Gasteiger partial charge in [-0.15, -0.1) is 0 Å². The first-order chi connectivity index (χ1) is 9.56. The zero-order chi connectivity index (χ0) is 14.3. The third-order valence-electron chi connectivity index (χ3n) is 3.94. The molecule has 0 saturated carbocycles. The van der Waals surface area contributed by atoms with Gasteiger partial charge in [0, 0.05) is 31.7 Å². The van der Waals surface area contributed by atoms with Crippen LogP contribution in [0.2, 0.25) is 0 Å². The SMILES string of the molecule is Cc1ccc(C(=O)N2CCN3C(=O)NCC3C2)cc1F. The van der Waals surface area contributed by atoms with Gasteiger partial charge >= 0.3 is 6.03 Å². The second-order valence-corrected chi connectivity index (χ2v) is 5.25. The standard InChI is InChI=1S/C14H16FN3O2/c1-9-2-3-10(6-12(9)15)13(19)17-4-5-18-11(8-17)7-16-14(18)20/h2-3,6,11H,4-5,7-8H2,1H3,(H,16,20). The molecule has 2 aliphatic heterocycles. The van der Waals surface area contributed by atoms with Crippen LogP contribution in [0.3, 0.4) is 0 Å². The number of piperazine rings is 1. The van der Waals surface area contributed by atoms with Gasteiger partial charge in [0.1, 0.15) is 5.82 Å². The molecule has 0 aliphatic carbocycles. The fourth-order valence-corrected chi connectivity index (χ4v) is 2.70. The molecule has 1 N–H and O–H groups in total. The van der Waals surface area contributed by atoms with E-state index in [9.17, 15) is 14.0 Å². The zero-order valence-corrected chi connectivity index (χ0v) is 11.2. The van der Waals surface area contributed by atoms with Gasteiger partial charge in [-0.05, 0) is 24.6 Å². The molecule has 106 valence electrons. The van der Waals surface area contributed by atoms with Gasteiger partial charge in [-0.3, -0.25) is 4.79 Å². The Hall–Kier alpha value is -2.11. The Balaban J connectivity index is 1.75. The van der Waals surface area contributed by atoms with Crippen LogP contribution in [0.4, 0.5) is 9.18 Å². The van der Waals surface area contributed by atoms with Crippen LogP contribution in [0.15, 0.2) is 18.2 Å². The van der Waals surface area contributed by atoms with Crippen LogP contribution in [-0.2, 0) is 0 Å². The van der Waals surface area contributed by atoms with Crippen molar-refractivity contribution in [1.29, 1.82) is 0 Å². The number of carbonyl (C=O) groups excluding carboxylic acids is 2. The van der Waals surface area contributed by atoms with E-state index in [0.717, 1.165) is 0 Å². The second kappa shape index (κ2) is 4.77. The van der Waals surface area contributed by atoms with Gasteiger partial charge in [0.15, 0.2) is 0 Å². The van der Waals surface area contributed by atoms with E-state index < -0.39 is 0 Å². The zero-order valence-electron chi connectivity index (χ0n) is 11.2. The van der Waals surface area contributed by atoms with Crippen LogP contribution >= 0.6 is 0 Å². The van der Waals surface area contributed by atoms with Crippen LogP contribution in [0, 0.1) is 12.7 Å². The number of carbonyl (C=O) groups is 2. The molecule has 2 aliphatic rings. The molecule has 3 amide bonds. The van der Waals surface area contributed by atoms with Crippen molar-refractivity contribution < 1.29 is 14.0 Å². The van der Waals surface area contributed by atoms with E-state index in [0.29, 0.717) is 37.3 Å². The van der Waals surface area contributed by atoms with E-state index in [1.54, 1.807) is 28.9 Å². The fourth-order valence-electron chi connectivity index (χ4n) is 2.70. The molecule has 3 rings (SSSR count). The predicted molar refractivity (Wildman–Crippen MR) is 70.9 cm³/mol. The summed E-state index contributed by atoms with van der Waals surface area (Å²) in [6.45, 7) is 3.73. The lowest BCUT2D eigenvalue weighted by Gasteiger charge is -2.36. The number of urea groups is 1. The molecule has 0 radical (unpaired) electrons. The van der Waals surface area contributed by atoms with Crippen LogP contribution < -0.4 is 5.32 Å². The minimum atomic E-state index is -0.368. The molecule has 2 heterocycles. The lowest BCUT2D eigenvalue weighted by atomic mass is 10.1. The van der Waals surface area contributed by atoms with Crippen molar-refractivity contribution in [2.45, 2.75) is 13.0 Å². The molecule has 0 spiro atoms. The van der Waals surface area contributed by atoms with Crippen LogP contribution in [0.5, 0.6) is 0 Å². The number of nitrogens with one attached hydrogen (secondary N) is 1. The molecule has 1 aromatic carbocycles. The normalized spacial score (nSPS) is 21.7. The Labute approximate surface area is 116 Å². The summed E-state index contributed by atoms with van der Waals surface area (Å²) in [5.74, 6) is -0.546. The van der Waals surface area contributed by atoms with Gasteiger partial charge in [0.2, 0.25) is 0 Å². The Kier molecular flexibility index (Phi) is 3.08. The largest absolute Gasteiger partial charge is 0.336 e. The van der Waals surface area contributed by atoms with Crippen molar-refractivity contribution in [3.8, 4) is 0 Å². The first-order valence-corrected chi connectivity index (χ1v) is 6.66. The van der Waals surface area contributed by atoms with E-state index in [-0.39, 0.29) is 23.8 Å². The van der Waals surface area contributed by atoms with E-state index in [2.05, 4.69) is 5.32 Å². The van der Waals surface area contributed by atoms with E-state index in [1.165, 1.54) is 6.07 Å². The quantitative estimate of drug-likeness (QED) is 0.832. The Morgan fingerprint density at radius 3 is 2.95 bits per heavy atom. The van der Waals surface area contributed by atoms with Gasteiger partial charge in [-0.25, -0.2) is 9.18 Å². The Bertz CT molecular complexity index is 576. The maximum atomic E-state index is 13.5. The average molecular weight is 277 g/mol. The minimum absolute atomic E-state index is 0.0236. The third kappa shape index (κ3) is 2.11. The highest BCUT2D eigenvalue weighted by atomic mass is 19.1. The van der Waals surface area contributed by atoms with E-state index in [1.807, 2.05) is 0 Å². The first-order valence-electron chi connectivity index (χ1n) is 6.66. The molecule has 20 heavy (non-hydrogen) atoms. The highest BCUT2D eigenvalue weighted by molar-refractivity contribution is 5.94. The van der Waals surface area contributed by atoms with Gasteiger partial charge in [0.05, 0.1) is 6.04 Å². The molecule has 0 aromatic heterocycles. The minimum Gasteiger partial charge on any atom is -0.336 e. The number of aryl methyl sites for hydroxylation is 1. The van der Waals surface area contributed by atoms with Gasteiger partial charge in [-0.2, -0.15) is 0 Å². The van der Waals surface area contributed by atoms with Crippen molar-refractivity contribution in [2.75, 3.05) is 26.2 Å². The van der Waals surface area contributed by atoms with Crippen LogP contribution in [0.1, 0.15) is 15.9 Å². The lowest BCUT2D eigenvalue weighted by Crippen LogP contribution is -2.53. The lowest BCUT2D eigenvalue weighted by molar-refractivity contribution is 0.0616. The number of benzene rings is 1. The number of fused-ring (bicyclic) bond motifs is 1. The topological polar surface area (TPSA) is 52.7 Å². The summed E-state index contributed by atoms with van der Waals surface area (Å²) in [6.07, 6.45) is 0. The molecular weight excluding hydrogens is 261 g/mol. The summed E-state index contributed by atoms with van der Waals surface area (Å²) in [4.78, 5) is 27.3. The van der Waals surface area contributed by atoms with E-state index >= 15 is 0 Å². The average Bonchev–Trinajstić information content (AvgIpc) is 2.82. The summed E-state index contributed by atoms with van der Waals surface area (Å²) >= 11 is 0. The Morgan fingerprint density at radius 2 is 2.20 bits per heavy atom. The van der Waals surface area contributed by atoms with Crippen LogP contribution in [-0.4, -0.2) is 54.0 Å². The number of hydrogen-bond acceptors (Lipinski definition) is 2. The second-order valence-electron chi connectivity index (χ2n) is 5.25. The fraction of sp³-hybridized carbons (Fsp3) is 0.429. The molecule has 0 bridgehead atoms. The molecule has 5 nitrogen and oxygen atoms in total. The highest BCUT2D eigenvalue weighted by Gasteiger charge is 2.37. The van der Waals surface area contributed by atoms with Gasteiger partial charge < -0.3 is 15.1 Å². The monoisotopic (exact) mass is 277 g/mol. The van der Waals surface area contributed by atoms with Crippen molar-refractivity contribution in [2.24, 2.45) is 0 Å². The number of rotatable bonds is 1. The first kappa shape index (κ1) is 12.9.